The van der Waals surface area contributed by atoms with Gasteiger partial charge in [0.15, 0.2) is 5.82 Å². The summed E-state index contributed by atoms with van der Waals surface area (Å²) in [6, 6.07) is 9.69. The SMILES string of the molecule is CCC(C)(CN)C(=O)Nc1cnc(-c2ccccc2)nc1. The zero-order valence-corrected chi connectivity index (χ0v) is 12.3. The van der Waals surface area contributed by atoms with Gasteiger partial charge in [0.25, 0.3) is 0 Å². The van der Waals surface area contributed by atoms with Gasteiger partial charge >= 0.3 is 0 Å². The summed E-state index contributed by atoms with van der Waals surface area (Å²) in [5.74, 6) is 0.522. The molecule has 1 aromatic heterocycles. The van der Waals surface area contributed by atoms with Gasteiger partial charge in [0, 0.05) is 12.1 Å². The lowest BCUT2D eigenvalue weighted by molar-refractivity contribution is -0.124. The highest BCUT2D eigenvalue weighted by Crippen LogP contribution is 2.22. The highest BCUT2D eigenvalue weighted by molar-refractivity contribution is 5.95. The number of hydrogen-bond acceptors (Lipinski definition) is 4. The first kappa shape index (κ1) is 15.1. The third-order valence-electron chi connectivity index (χ3n) is 3.72. The average molecular weight is 284 g/mol. The van der Waals surface area contributed by atoms with Crippen molar-refractivity contribution in [2.45, 2.75) is 20.3 Å². The Bertz CT molecular complexity index is 591. The summed E-state index contributed by atoms with van der Waals surface area (Å²) in [4.78, 5) is 20.8. The van der Waals surface area contributed by atoms with Crippen molar-refractivity contribution < 1.29 is 4.79 Å². The maximum Gasteiger partial charge on any atom is 0.231 e. The van der Waals surface area contributed by atoms with Crippen LogP contribution in [-0.2, 0) is 4.79 Å². The van der Waals surface area contributed by atoms with Crippen LogP contribution in [0.1, 0.15) is 20.3 Å². The second-order valence-corrected chi connectivity index (χ2v) is 5.23. The van der Waals surface area contributed by atoms with Crippen LogP contribution in [0.15, 0.2) is 42.7 Å². The number of rotatable bonds is 5. The number of carbonyl (C=O) groups excluding carboxylic acids is 1. The lowest BCUT2D eigenvalue weighted by Gasteiger charge is -2.24. The number of nitrogens with one attached hydrogen (secondary N) is 1. The molecule has 5 nitrogen and oxygen atoms in total. The van der Waals surface area contributed by atoms with Gasteiger partial charge < -0.3 is 11.1 Å². The highest BCUT2D eigenvalue weighted by Gasteiger charge is 2.29. The normalized spacial score (nSPS) is 13.5. The first-order valence-electron chi connectivity index (χ1n) is 6.98. The van der Waals surface area contributed by atoms with Gasteiger partial charge in [-0.15, -0.1) is 0 Å². The second-order valence-electron chi connectivity index (χ2n) is 5.23. The van der Waals surface area contributed by atoms with Gasteiger partial charge in [0.05, 0.1) is 23.5 Å². The lowest BCUT2D eigenvalue weighted by Crippen LogP contribution is -2.39. The Kier molecular flexibility index (Phi) is 4.65. The summed E-state index contributed by atoms with van der Waals surface area (Å²) < 4.78 is 0. The van der Waals surface area contributed by atoms with Crippen molar-refractivity contribution in [3.05, 3.63) is 42.7 Å². The van der Waals surface area contributed by atoms with E-state index in [4.69, 9.17) is 5.73 Å². The molecule has 0 saturated carbocycles. The molecule has 1 atom stereocenters. The number of carbonyl (C=O) groups is 1. The summed E-state index contributed by atoms with van der Waals surface area (Å²) in [6.45, 7) is 4.10. The summed E-state index contributed by atoms with van der Waals surface area (Å²) in [6.07, 6.45) is 3.90. The Morgan fingerprint density at radius 1 is 1.24 bits per heavy atom. The van der Waals surface area contributed by atoms with Crippen molar-refractivity contribution in [3.8, 4) is 11.4 Å². The molecule has 2 aromatic rings. The molecule has 0 aliphatic carbocycles. The lowest BCUT2D eigenvalue weighted by atomic mass is 9.86. The standard InChI is InChI=1S/C16H20N4O/c1-3-16(2,11-17)15(21)20-13-9-18-14(19-10-13)12-7-5-4-6-8-12/h4-10H,3,11,17H2,1-2H3,(H,20,21). The summed E-state index contributed by atoms with van der Waals surface area (Å²) in [5, 5.41) is 2.82. The molecule has 0 aliphatic heterocycles. The molecule has 1 heterocycles. The molecule has 0 spiro atoms. The van der Waals surface area contributed by atoms with E-state index < -0.39 is 5.41 Å². The number of nitrogens with zero attached hydrogens (tertiary/aromatic N) is 2. The van der Waals surface area contributed by atoms with Crippen molar-refractivity contribution in [1.82, 2.24) is 9.97 Å². The molecule has 3 N–H and O–H groups in total. The first-order chi connectivity index (χ1) is 10.1. The van der Waals surface area contributed by atoms with Gasteiger partial charge in [-0.25, -0.2) is 9.97 Å². The van der Waals surface area contributed by atoms with E-state index in [1.54, 1.807) is 12.4 Å². The molecule has 0 radical (unpaired) electrons. The average Bonchev–Trinajstić information content (AvgIpc) is 2.55. The predicted octanol–water partition coefficient (Wildman–Crippen LogP) is 2.46. The van der Waals surface area contributed by atoms with Gasteiger partial charge in [-0.1, -0.05) is 37.3 Å². The zero-order valence-electron chi connectivity index (χ0n) is 12.3. The molecule has 110 valence electrons. The summed E-state index contributed by atoms with van der Waals surface area (Å²) in [7, 11) is 0. The molecular formula is C16H20N4O. The van der Waals surface area contributed by atoms with E-state index in [2.05, 4.69) is 15.3 Å². The monoisotopic (exact) mass is 284 g/mol. The molecular weight excluding hydrogens is 264 g/mol. The summed E-state index contributed by atoms with van der Waals surface area (Å²) >= 11 is 0. The number of amides is 1. The molecule has 1 amide bonds. The molecule has 21 heavy (non-hydrogen) atoms. The highest BCUT2D eigenvalue weighted by atomic mass is 16.2. The van der Waals surface area contributed by atoms with Gasteiger partial charge in [0.1, 0.15) is 0 Å². The van der Waals surface area contributed by atoms with Crippen molar-refractivity contribution in [2.75, 3.05) is 11.9 Å². The smallest absolute Gasteiger partial charge is 0.231 e. The largest absolute Gasteiger partial charge is 0.329 e. The van der Waals surface area contributed by atoms with Crippen LogP contribution in [0.3, 0.4) is 0 Å². The fourth-order valence-electron chi connectivity index (χ4n) is 1.81. The van der Waals surface area contributed by atoms with Gasteiger partial charge in [0.2, 0.25) is 5.91 Å². The molecule has 1 unspecified atom stereocenters. The van der Waals surface area contributed by atoms with E-state index in [-0.39, 0.29) is 5.91 Å². The van der Waals surface area contributed by atoms with Crippen molar-refractivity contribution in [2.24, 2.45) is 11.1 Å². The van der Waals surface area contributed by atoms with E-state index in [9.17, 15) is 4.79 Å². The van der Waals surface area contributed by atoms with E-state index in [1.807, 2.05) is 44.2 Å². The molecule has 1 aromatic carbocycles. The molecule has 2 rings (SSSR count). The summed E-state index contributed by atoms with van der Waals surface area (Å²) in [5.41, 5.74) is 6.63. The Hall–Kier alpha value is -2.27. The number of nitrogens with two attached hydrogens (primary N) is 1. The number of aromatic nitrogens is 2. The van der Waals surface area contributed by atoms with Crippen molar-refractivity contribution in [1.29, 1.82) is 0 Å². The minimum atomic E-state index is -0.571. The first-order valence-corrected chi connectivity index (χ1v) is 6.98. The van der Waals surface area contributed by atoms with Gasteiger partial charge in [-0.3, -0.25) is 4.79 Å². The van der Waals surface area contributed by atoms with E-state index >= 15 is 0 Å². The van der Waals surface area contributed by atoms with Crippen LogP contribution >= 0.6 is 0 Å². The molecule has 0 bridgehead atoms. The van der Waals surface area contributed by atoms with Crippen molar-refractivity contribution >= 4 is 11.6 Å². The Morgan fingerprint density at radius 3 is 2.38 bits per heavy atom. The number of anilines is 1. The third kappa shape index (κ3) is 3.44. The van der Waals surface area contributed by atoms with E-state index in [0.29, 0.717) is 24.5 Å². The van der Waals surface area contributed by atoms with Crippen LogP contribution in [-0.4, -0.2) is 22.4 Å². The minimum absolute atomic E-state index is 0.108. The fourth-order valence-corrected chi connectivity index (χ4v) is 1.81. The van der Waals surface area contributed by atoms with E-state index in [1.165, 1.54) is 0 Å². The number of hydrogen-bond donors (Lipinski definition) is 2. The quantitative estimate of drug-likeness (QED) is 0.883. The molecule has 0 fully saturated rings. The molecule has 5 heteroatoms. The van der Waals surface area contributed by atoms with Crippen LogP contribution in [0.2, 0.25) is 0 Å². The topological polar surface area (TPSA) is 80.9 Å². The third-order valence-corrected chi connectivity index (χ3v) is 3.72. The number of benzene rings is 1. The fraction of sp³-hybridized carbons (Fsp3) is 0.312. The van der Waals surface area contributed by atoms with Crippen LogP contribution in [0.4, 0.5) is 5.69 Å². The van der Waals surface area contributed by atoms with Crippen LogP contribution < -0.4 is 11.1 Å². The van der Waals surface area contributed by atoms with Gasteiger partial charge in [-0.2, -0.15) is 0 Å². The van der Waals surface area contributed by atoms with Gasteiger partial charge in [-0.05, 0) is 13.3 Å². The van der Waals surface area contributed by atoms with Crippen molar-refractivity contribution in [3.63, 3.8) is 0 Å². The molecule has 0 aliphatic rings. The van der Waals surface area contributed by atoms with Crippen LogP contribution in [0.5, 0.6) is 0 Å². The van der Waals surface area contributed by atoms with E-state index in [0.717, 1.165) is 5.56 Å². The van der Waals surface area contributed by atoms with Crippen LogP contribution in [0.25, 0.3) is 11.4 Å². The Morgan fingerprint density at radius 2 is 1.86 bits per heavy atom. The second kappa shape index (κ2) is 6.45. The minimum Gasteiger partial charge on any atom is -0.329 e. The van der Waals surface area contributed by atoms with Crippen LogP contribution in [0, 0.1) is 5.41 Å². The Balaban J connectivity index is 2.12. The predicted molar refractivity (Wildman–Crippen MR) is 83.6 cm³/mol. The maximum atomic E-state index is 12.2. The molecule has 0 saturated heterocycles. The Labute approximate surface area is 124 Å². The zero-order chi connectivity index (χ0) is 15.3. The maximum absolute atomic E-state index is 12.2.